The first kappa shape index (κ1) is 18.9. The molecule has 0 spiro atoms. The fourth-order valence-electron chi connectivity index (χ4n) is 4.05. The molecule has 5 heterocycles. The summed E-state index contributed by atoms with van der Waals surface area (Å²) in [5.41, 5.74) is 4.04. The predicted molar refractivity (Wildman–Crippen MR) is 115 cm³/mol. The van der Waals surface area contributed by atoms with Crippen molar-refractivity contribution in [2.75, 3.05) is 13.1 Å². The van der Waals surface area contributed by atoms with Crippen molar-refractivity contribution in [3.8, 4) is 17.3 Å². The molecular formula is C22H21N7S. The first-order valence-electron chi connectivity index (χ1n) is 10.0. The molecule has 150 valence electrons. The normalized spacial score (nSPS) is 16.6. The van der Waals surface area contributed by atoms with Gasteiger partial charge in [0.25, 0.3) is 0 Å². The van der Waals surface area contributed by atoms with Gasteiger partial charge in [0.2, 0.25) is 0 Å². The summed E-state index contributed by atoms with van der Waals surface area (Å²) in [6.07, 6.45) is 9.57. The predicted octanol–water partition coefficient (Wildman–Crippen LogP) is 3.85. The lowest BCUT2D eigenvalue weighted by molar-refractivity contribution is 0.342. The van der Waals surface area contributed by atoms with Gasteiger partial charge in [0.1, 0.15) is 17.3 Å². The van der Waals surface area contributed by atoms with Crippen LogP contribution in [0.3, 0.4) is 0 Å². The minimum Gasteiger partial charge on any atom is -0.315 e. The van der Waals surface area contributed by atoms with Crippen LogP contribution >= 0.6 is 11.8 Å². The SMILES string of the molecule is Cc1c(-c2nn3cccc(Sc4cccnc4)c3c2C#N)cnn1[C@H]1CCCNC1. The maximum absolute atomic E-state index is 10.0. The Kier molecular flexibility index (Phi) is 4.99. The zero-order valence-electron chi connectivity index (χ0n) is 16.6. The maximum atomic E-state index is 10.0. The van der Waals surface area contributed by atoms with Crippen LogP contribution in [0.2, 0.25) is 0 Å². The zero-order valence-corrected chi connectivity index (χ0v) is 17.4. The van der Waals surface area contributed by atoms with E-state index in [0.29, 0.717) is 17.3 Å². The van der Waals surface area contributed by atoms with Gasteiger partial charge in [-0.2, -0.15) is 15.5 Å². The molecule has 0 aliphatic carbocycles. The van der Waals surface area contributed by atoms with Gasteiger partial charge in [-0.25, -0.2) is 4.52 Å². The molecule has 1 fully saturated rings. The van der Waals surface area contributed by atoms with Gasteiger partial charge >= 0.3 is 0 Å². The van der Waals surface area contributed by atoms with Crippen LogP contribution in [0.25, 0.3) is 16.8 Å². The average molecular weight is 416 g/mol. The molecule has 0 amide bonds. The monoisotopic (exact) mass is 415 g/mol. The van der Waals surface area contributed by atoms with Gasteiger partial charge in [-0.3, -0.25) is 9.67 Å². The van der Waals surface area contributed by atoms with Crippen molar-refractivity contribution in [1.82, 2.24) is 29.7 Å². The fraction of sp³-hybridized carbons (Fsp3) is 0.273. The second-order valence-corrected chi connectivity index (χ2v) is 8.50. The van der Waals surface area contributed by atoms with E-state index in [-0.39, 0.29) is 0 Å². The van der Waals surface area contributed by atoms with Gasteiger partial charge in [-0.15, -0.1) is 0 Å². The molecule has 4 aromatic rings. The van der Waals surface area contributed by atoms with E-state index in [4.69, 9.17) is 5.10 Å². The minimum atomic E-state index is 0.340. The molecule has 30 heavy (non-hydrogen) atoms. The lowest BCUT2D eigenvalue weighted by Gasteiger charge is -2.24. The Labute approximate surface area is 178 Å². The average Bonchev–Trinajstić information content (AvgIpc) is 3.35. The number of aromatic nitrogens is 5. The van der Waals surface area contributed by atoms with E-state index in [1.165, 1.54) is 0 Å². The summed E-state index contributed by atoms with van der Waals surface area (Å²) >= 11 is 1.58. The molecule has 0 unspecified atom stereocenters. The molecule has 7 nitrogen and oxygen atoms in total. The van der Waals surface area contributed by atoms with Gasteiger partial charge in [-0.05, 0) is 50.6 Å². The smallest absolute Gasteiger partial charge is 0.115 e. The second kappa shape index (κ2) is 7.94. The van der Waals surface area contributed by atoms with Gasteiger partial charge in [-0.1, -0.05) is 11.8 Å². The van der Waals surface area contributed by atoms with Crippen molar-refractivity contribution in [2.24, 2.45) is 0 Å². The Balaban J connectivity index is 1.60. The summed E-state index contributed by atoms with van der Waals surface area (Å²) in [6.45, 7) is 4.05. The van der Waals surface area contributed by atoms with Crippen molar-refractivity contribution in [2.45, 2.75) is 35.6 Å². The highest BCUT2D eigenvalue weighted by Crippen LogP contribution is 2.36. The number of nitriles is 1. The molecule has 1 aliphatic heterocycles. The summed E-state index contributed by atoms with van der Waals surface area (Å²) < 4.78 is 3.88. The molecule has 0 saturated carbocycles. The highest BCUT2D eigenvalue weighted by molar-refractivity contribution is 7.99. The molecular weight excluding hydrogens is 394 g/mol. The molecule has 4 aromatic heterocycles. The topological polar surface area (TPSA) is 83.8 Å². The van der Waals surface area contributed by atoms with Crippen LogP contribution < -0.4 is 5.32 Å². The van der Waals surface area contributed by atoms with E-state index in [2.05, 4.69) is 33.1 Å². The quantitative estimate of drug-likeness (QED) is 0.545. The van der Waals surface area contributed by atoms with Gasteiger partial charge in [0.05, 0.1) is 17.8 Å². The second-order valence-electron chi connectivity index (χ2n) is 7.38. The molecule has 0 bridgehead atoms. The van der Waals surface area contributed by atoms with Crippen molar-refractivity contribution in [3.05, 3.63) is 60.3 Å². The van der Waals surface area contributed by atoms with E-state index in [9.17, 15) is 5.26 Å². The largest absolute Gasteiger partial charge is 0.315 e. The minimum absolute atomic E-state index is 0.340. The fourth-order valence-corrected chi connectivity index (χ4v) is 5.00. The van der Waals surface area contributed by atoms with Crippen LogP contribution in [0.4, 0.5) is 0 Å². The molecule has 0 radical (unpaired) electrons. The molecule has 5 rings (SSSR count). The Morgan fingerprint density at radius 1 is 1.27 bits per heavy atom. The van der Waals surface area contributed by atoms with E-state index in [0.717, 1.165) is 52.5 Å². The third kappa shape index (κ3) is 3.26. The number of fused-ring (bicyclic) bond motifs is 1. The first-order valence-corrected chi connectivity index (χ1v) is 10.8. The van der Waals surface area contributed by atoms with Crippen molar-refractivity contribution < 1.29 is 0 Å². The highest BCUT2D eigenvalue weighted by atomic mass is 32.2. The molecule has 8 heteroatoms. The Bertz CT molecular complexity index is 1230. The lowest BCUT2D eigenvalue weighted by Crippen LogP contribution is -2.32. The summed E-state index contributed by atoms with van der Waals surface area (Å²) in [5.74, 6) is 0. The van der Waals surface area contributed by atoms with E-state index in [1.807, 2.05) is 42.9 Å². The van der Waals surface area contributed by atoms with Gasteiger partial charge < -0.3 is 5.32 Å². The highest BCUT2D eigenvalue weighted by Gasteiger charge is 2.24. The van der Waals surface area contributed by atoms with Crippen LogP contribution in [0.15, 0.2) is 58.8 Å². The molecule has 1 aliphatic rings. The Hall–Kier alpha value is -3.15. The zero-order chi connectivity index (χ0) is 20.5. The first-order chi connectivity index (χ1) is 14.8. The number of piperidine rings is 1. The van der Waals surface area contributed by atoms with Gasteiger partial charge in [0.15, 0.2) is 0 Å². The third-order valence-electron chi connectivity index (χ3n) is 5.51. The third-order valence-corrected chi connectivity index (χ3v) is 6.54. The van der Waals surface area contributed by atoms with Gasteiger partial charge in [0, 0.05) is 46.2 Å². The summed E-state index contributed by atoms with van der Waals surface area (Å²) in [5, 5.41) is 22.9. The number of hydrogen-bond donors (Lipinski definition) is 1. The Morgan fingerprint density at radius 2 is 2.20 bits per heavy atom. The van der Waals surface area contributed by atoms with Crippen LogP contribution in [-0.2, 0) is 0 Å². The van der Waals surface area contributed by atoms with Crippen molar-refractivity contribution >= 4 is 17.3 Å². The number of hydrogen-bond acceptors (Lipinski definition) is 6. The van der Waals surface area contributed by atoms with Crippen LogP contribution in [0, 0.1) is 18.3 Å². The van der Waals surface area contributed by atoms with Crippen LogP contribution in [-0.4, -0.2) is 37.5 Å². The van der Waals surface area contributed by atoms with Crippen LogP contribution in [0.5, 0.6) is 0 Å². The standard InChI is InChI=1S/C22H21N7S/c1-15-19(14-26-29(15)16-5-2-8-24-12-16)21-18(11-23)22-20(7-4-10-28(22)27-21)30-17-6-3-9-25-13-17/h3-4,6-7,9-10,13-14,16,24H,2,5,8,12H2,1H3/t16-/m0/s1. The maximum Gasteiger partial charge on any atom is 0.115 e. The lowest BCUT2D eigenvalue weighted by atomic mass is 10.1. The number of nitrogens with zero attached hydrogens (tertiary/aromatic N) is 6. The molecule has 1 N–H and O–H groups in total. The number of rotatable bonds is 4. The molecule has 1 saturated heterocycles. The van der Waals surface area contributed by atoms with E-state index in [1.54, 1.807) is 22.5 Å². The van der Waals surface area contributed by atoms with Crippen molar-refractivity contribution in [3.63, 3.8) is 0 Å². The molecule has 0 aromatic carbocycles. The van der Waals surface area contributed by atoms with Crippen LogP contribution in [0.1, 0.15) is 30.1 Å². The summed E-state index contributed by atoms with van der Waals surface area (Å²) in [7, 11) is 0. The van der Waals surface area contributed by atoms with E-state index >= 15 is 0 Å². The molecule has 1 atom stereocenters. The van der Waals surface area contributed by atoms with E-state index < -0.39 is 0 Å². The number of nitrogens with one attached hydrogen (secondary N) is 1. The Morgan fingerprint density at radius 3 is 2.97 bits per heavy atom. The number of pyridine rings is 2. The summed E-state index contributed by atoms with van der Waals surface area (Å²) in [6, 6.07) is 10.6. The van der Waals surface area contributed by atoms with Crippen molar-refractivity contribution in [1.29, 1.82) is 5.26 Å². The summed E-state index contributed by atoms with van der Waals surface area (Å²) in [4.78, 5) is 6.18.